The average Bonchev–Trinajstić information content (AvgIpc) is 2.40. The predicted octanol–water partition coefficient (Wildman–Crippen LogP) is 2.15. The van der Waals surface area contributed by atoms with Crippen LogP contribution in [0.2, 0.25) is 0 Å². The minimum atomic E-state index is -0.952. The number of pyridine rings is 1. The van der Waals surface area contributed by atoms with E-state index in [9.17, 15) is 9.90 Å². The highest BCUT2D eigenvalue weighted by atomic mass is 16.4. The highest BCUT2D eigenvalue weighted by molar-refractivity contribution is 5.83. The van der Waals surface area contributed by atoms with Gasteiger partial charge in [-0.15, -0.1) is 0 Å². The van der Waals surface area contributed by atoms with Gasteiger partial charge in [-0.1, -0.05) is 19.3 Å². The summed E-state index contributed by atoms with van der Waals surface area (Å²) in [6, 6.07) is 3.63. The molecule has 2 rings (SSSR count). The van der Waals surface area contributed by atoms with Gasteiger partial charge in [0.25, 0.3) is 0 Å². The molecule has 94 valence electrons. The van der Waals surface area contributed by atoms with E-state index in [-0.39, 0.29) is 0 Å². The van der Waals surface area contributed by atoms with E-state index >= 15 is 0 Å². The Kier molecular flexibility index (Phi) is 3.47. The molecule has 1 aliphatic rings. The first-order valence-corrected chi connectivity index (χ1v) is 6.04. The van der Waals surface area contributed by atoms with Crippen LogP contribution in [0.3, 0.4) is 0 Å². The molecule has 18 heavy (non-hydrogen) atoms. The summed E-state index contributed by atoms with van der Waals surface area (Å²) in [6.07, 6.45) is 7.05. The lowest BCUT2D eigenvalue weighted by Gasteiger charge is -2.35. The molecule has 1 heterocycles. The first-order valence-electron chi connectivity index (χ1n) is 6.04. The Morgan fingerprint density at radius 3 is 2.78 bits per heavy atom. The normalized spacial score (nSPS) is 17.7. The molecule has 5 heteroatoms. The molecule has 0 aliphatic heterocycles. The number of rotatable bonds is 3. The van der Waals surface area contributed by atoms with Gasteiger partial charge in [0.15, 0.2) is 0 Å². The minimum absolute atomic E-state index is 0.427. The van der Waals surface area contributed by atoms with Crippen molar-refractivity contribution in [3.63, 3.8) is 0 Å². The third kappa shape index (κ3) is 2.28. The molecule has 1 aliphatic carbocycles. The molecular weight excluding hydrogens is 230 g/mol. The number of carboxylic acids is 1. The SMILES string of the molecule is N#Cc1ccncc1NC1(C(=O)O)CCCCC1. The second-order valence-electron chi connectivity index (χ2n) is 4.61. The topological polar surface area (TPSA) is 86.0 Å². The van der Waals surface area contributed by atoms with Gasteiger partial charge >= 0.3 is 5.97 Å². The van der Waals surface area contributed by atoms with Crippen molar-refractivity contribution in [2.45, 2.75) is 37.6 Å². The Bertz CT molecular complexity index is 487. The molecule has 0 bridgehead atoms. The van der Waals surface area contributed by atoms with Gasteiger partial charge in [0.05, 0.1) is 17.4 Å². The second kappa shape index (κ2) is 5.05. The van der Waals surface area contributed by atoms with Crippen LogP contribution in [-0.2, 0) is 4.79 Å². The Morgan fingerprint density at radius 2 is 2.17 bits per heavy atom. The van der Waals surface area contributed by atoms with Crippen molar-refractivity contribution in [2.75, 3.05) is 5.32 Å². The van der Waals surface area contributed by atoms with Gasteiger partial charge in [0.1, 0.15) is 11.6 Å². The summed E-state index contributed by atoms with van der Waals surface area (Å²) in [4.78, 5) is 15.5. The van der Waals surface area contributed by atoms with Gasteiger partial charge in [0, 0.05) is 6.20 Å². The van der Waals surface area contributed by atoms with Crippen LogP contribution in [0.4, 0.5) is 5.69 Å². The lowest BCUT2D eigenvalue weighted by atomic mass is 9.81. The van der Waals surface area contributed by atoms with E-state index in [0.29, 0.717) is 24.1 Å². The van der Waals surface area contributed by atoms with Crippen LogP contribution in [-0.4, -0.2) is 21.6 Å². The highest BCUT2D eigenvalue weighted by Gasteiger charge is 2.39. The van der Waals surface area contributed by atoms with E-state index in [1.807, 2.05) is 6.07 Å². The number of nitrogens with zero attached hydrogens (tertiary/aromatic N) is 2. The van der Waals surface area contributed by atoms with Crippen LogP contribution in [0.25, 0.3) is 0 Å². The van der Waals surface area contributed by atoms with Crippen LogP contribution in [0.5, 0.6) is 0 Å². The number of nitriles is 1. The summed E-state index contributed by atoms with van der Waals surface area (Å²) in [5.74, 6) is -0.852. The number of carboxylic acid groups (broad SMARTS) is 1. The zero-order chi connectivity index (χ0) is 13.0. The van der Waals surface area contributed by atoms with Gasteiger partial charge < -0.3 is 10.4 Å². The van der Waals surface area contributed by atoms with E-state index in [1.165, 1.54) is 12.4 Å². The smallest absolute Gasteiger partial charge is 0.329 e. The van der Waals surface area contributed by atoms with Crippen LogP contribution in [0, 0.1) is 11.3 Å². The van der Waals surface area contributed by atoms with E-state index < -0.39 is 11.5 Å². The molecule has 5 nitrogen and oxygen atoms in total. The third-order valence-electron chi connectivity index (χ3n) is 3.43. The number of hydrogen-bond acceptors (Lipinski definition) is 4. The number of nitrogens with one attached hydrogen (secondary N) is 1. The summed E-state index contributed by atoms with van der Waals surface area (Å²) in [5.41, 5.74) is -0.0205. The van der Waals surface area contributed by atoms with Gasteiger partial charge in [0.2, 0.25) is 0 Å². The fourth-order valence-electron chi connectivity index (χ4n) is 2.40. The highest BCUT2D eigenvalue weighted by Crippen LogP contribution is 2.32. The Balaban J connectivity index is 2.29. The van der Waals surface area contributed by atoms with Gasteiger partial charge in [-0.25, -0.2) is 4.79 Å². The molecular formula is C13H15N3O2. The number of aromatic nitrogens is 1. The zero-order valence-corrected chi connectivity index (χ0v) is 10.0. The van der Waals surface area contributed by atoms with Crippen LogP contribution >= 0.6 is 0 Å². The number of carbonyl (C=O) groups is 1. The summed E-state index contributed by atoms with van der Waals surface area (Å²) < 4.78 is 0. The molecule has 0 unspecified atom stereocenters. The lowest BCUT2D eigenvalue weighted by molar-refractivity contribution is -0.143. The fraction of sp³-hybridized carbons (Fsp3) is 0.462. The molecule has 0 aromatic carbocycles. The molecule has 0 amide bonds. The summed E-state index contributed by atoms with van der Waals surface area (Å²) in [5, 5.41) is 21.5. The largest absolute Gasteiger partial charge is 0.480 e. The second-order valence-corrected chi connectivity index (χ2v) is 4.61. The van der Waals surface area contributed by atoms with Crippen molar-refractivity contribution < 1.29 is 9.90 Å². The zero-order valence-electron chi connectivity index (χ0n) is 10.0. The molecule has 2 N–H and O–H groups in total. The number of aliphatic carboxylic acids is 1. The third-order valence-corrected chi connectivity index (χ3v) is 3.43. The minimum Gasteiger partial charge on any atom is -0.480 e. The van der Waals surface area contributed by atoms with E-state index in [4.69, 9.17) is 5.26 Å². The van der Waals surface area contributed by atoms with Crippen molar-refractivity contribution in [1.29, 1.82) is 5.26 Å². The number of anilines is 1. The number of hydrogen-bond donors (Lipinski definition) is 2. The maximum absolute atomic E-state index is 11.5. The van der Waals surface area contributed by atoms with E-state index in [1.54, 1.807) is 6.07 Å². The van der Waals surface area contributed by atoms with Gasteiger partial charge in [-0.2, -0.15) is 5.26 Å². The standard InChI is InChI=1S/C13H15N3O2/c14-8-10-4-7-15-9-11(10)16-13(12(17)18)5-2-1-3-6-13/h4,7,9,16H,1-3,5-6H2,(H,17,18). The first-order chi connectivity index (χ1) is 8.68. The monoisotopic (exact) mass is 245 g/mol. The lowest BCUT2D eigenvalue weighted by Crippen LogP contribution is -2.48. The molecule has 0 saturated heterocycles. The quantitative estimate of drug-likeness (QED) is 0.852. The summed E-state index contributed by atoms with van der Waals surface area (Å²) in [6.45, 7) is 0. The Hall–Kier alpha value is -2.09. The molecule has 1 aromatic heterocycles. The van der Waals surface area contributed by atoms with Crippen LogP contribution in [0.1, 0.15) is 37.7 Å². The van der Waals surface area contributed by atoms with Crippen LogP contribution in [0.15, 0.2) is 18.5 Å². The van der Waals surface area contributed by atoms with Crippen molar-refractivity contribution >= 4 is 11.7 Å². The molecule has 1 aromatic rings. The summed E-state index contributed by atoms with van der Waals surface area (Å²) >= 11 is 0. The molecule has 0 radical (unpaired) electrons. The Morgan fingerprint density at radius 1 is 1.44 bits per heavy atom. The van der Waals surface area contributed by atoms with Crippen molar-refractivity contribution in [3.05, 3.63) is 24.0 Å². The average molecular weight is 245 g/mol. The molecule has 1 saturated carbocycles. The van der Waals surface area contributed by atoms with Gasteiger partial charge in [-0.05, 0) is 18.9 Å². The van der Waals surface area contributed by atoms with Crippen LogP contribution < -0.4 is 5.32 Å². The first kappa shape index (κ1) is 12.4. The van der Waals surface area contributed by atoms with Gasteiger partial charge in [-0.3, -0.25) is 4.98 Å². The molecule has 0 spiro atoms. The fourth-order valence-corrected chi connectivity index (χ4v) is 2.40. The summed E-state index contributed by atoms with van der Waals surface area (Å²) in [7, 11) is 0. The maximum atomic E-state index is 11.5. The Labute approximate surface area is 105 Å². The maximum Gasteiger partial charge on any atom is 0.329 e. The molecule has 1 fully saturated rings. The van der Waals surface area contributed by atoms with E-state index in [2.05, 4.69) is 10.3 Å². The van der Waals surface area contributed by atoms with E-state index in [0.717, 1.165) is 19.3 Å². The van der Waals surface area contributed by atoms with Crippen molar-refractivity contribution in [3.8, 4) is 6.07 Å². The predicted molar refractivity (Wildman–Crippen MR) is 66.0 cm³/mol. The van der Waals surface area contributed by atoms with Crippen molar-refractivity contribution in [1.82, 2.24) is 4.98 Å². The van der Waals surface area contributed by atoms with Crippen molar-refractivity contribution in [2.24, 2.45) is 0 Å². The molecule has 0 atom stereocenters.